The summed E-state index contributed by atoms with van der Waals surface area (Å²) in [4.78, 5) is 21.8. The monoisotopic (exact) mass is 206 g/mol. The SMILES string of the molecule is CC(C(=O)OCCO)C(O)C(=O)CO. The molecule has 0 fully saturated rings. The van der Waals surface area contributed by atoms with Crippen molar-refractivity contribution in [3.63, 3.8) is 0 Å². The van der Waals surface area contributed by atoms with Crippen LogP contribution < -0.4 is 0 Å². The molecule has 0 heterocycles. The largest absolute Gasteiger partial charge is 0.463 e. The number of hydrogen-bond acceptors (Lipinski definition) is 6. The first-order chi connectivity index (χ1) is 6.54. The van der Waals surface area contributed by atoms with Gasteiger partial charge in [0, 0.05) is 0 Å². The Balaban J connectivity index is 4.10. The number of carbonyl (C=O) groups excluding carboxylic acids is 2. The van der Waals surface area contributed by atoms with Crippen LogP contribution in [0.3, 0.4) is 0 Å². The highest BCUT2D eigenvalue weighted by Gasteiger charge is 2.28. The molecule has 0 bridgehead atoms. The van der Waals surface area contributed by atoms with Crippen LogP contribution in [0.1, 0.15) is 6.92 Å². The predicted octanol–water partition coefficient (Wildman–Crippen LogP) is -1.92. The van der Waals surface area contributed by atoms with E-state index in [1.54, 1.807) is 0 Å². The van der Waals surface area contributed by atoms with Gasteiger partial charge in [0.25, 0.3) is 0 Å². The molecule has 0 aliphatic heterocycles. The molecule has 0 aromatic heterocycles. The van der Waals surface area contributed by atoms with E-state index in [4.69, 9.17) is 10.2 Å². The normalized spacial score (nSPS) is 14.6. The lowest BCUT2D eigenvalue weighted by Gasteiger charge is -2.15. The first-order valence-electron chi connectivity index (χ1n) is 4.13. The highest BCUT2D eigenvalue weighted by Crippen LogP contribution is 2.06. The van der Waals surface area contributed by atoms with E-state index in [1.165, 1.54) is 6.92 Å². The van der Waals surface area contributed by atoms with Gasteiger partial charge in [-0.05, 0) is 6.92 Å². The highest BCUT2D eigenvalue weighted by molar-refractivity contribution is 5.89. The first-order valence-corrected chi connectivity index (χ1v) is 4.13. The number of rotatable bonds is 6. The molecule has 0 saturated heterocycles. The number of hydrogen-bond donors (Lipinski definition) is 3. The van der Waals surface area contributed by atoms with Gasteiger partial charge in [-0.2, -0.15) is 0 Å². The summed E-state index contributed by atoms with van der Waals surface area (Å²) < 4.78 is 4.49. The number of aliphatic hydroxyl groups excluding tert-OH is 3. The maximum Gasteiger partial charge on any atom is 0.311 e. The average molecular weight is 206 g/mol. The second-order valence-electron chi connectivity index (χ2n) is 2.75. The Hall–Kier alpha value is -0.980. The smallest absolute Gasteiger partial charge is 0.311 e. The summed E-state index contributed by atoms with van der Waals surface area (Å²) in [5, 5.41) is 25.9. The summed E-state index contributed by atoms with van der Waals surface area (Å²) in [5.41, 5.74) is 0. The lowest BCUT2D eigenvalue weighted by Crippen LogP contribution is -2.35. The fourth-order valence-electron chi connectivity index (χ4n) is 0.779. The Bertz CT molecular complexity index is 202. The van der Waals surface area contributed by atoms with Crippen molar-refractivity contribution in [3.8, 4) is 0 Å². The standard InChI is InChI=1S/C8H14O6/c1-5(7(12)6(11)4-10)8(13)14-3-2-9/h5,7,9-10,12H,2-4H2,1H3. The molecule has 0 rings (SSSR count). The van der Waals surface area contributed by atoms with Crippen molar-refractivity contribution < 1.29 is 29.6 Å². The third-order valence-electron chi connectivity index (χ3n) is 1.67. The van der Waals surface area contributed by atoms with Crippen LogP contribution in [0.5, 0.6) is 0 Å². The van der Waals surface area contributed by atoms with Crippen molar-refractivity contribution >= 4 is 11.8 Å². The van der Waals surface area contributed by atoms with E-state index in [0.29, 0.717) is 0 Å². The van der Waals surface area contributed by atoms with Crippen molar-refractivity contribution in [1.82, 2.24) is 0 Å². The Morgan fingerprint density at radius 1 is 1.36 bits per heavy atom. The molecule has 0 radical (unpaired) electrons. The molecule has 0 aromatic carbocycles. The Kier molecular flexibility index (Phi) is 6.02. The van der Waals surface area contributed by atoms with Gasteiger partial charge in [0.1, 0.15) is 19.3 Å². The minimum Gasteiger partial charge on any atom is -0.463 e. The molecule has 14 heavy (non-hydrogen) atoms. The maximum atomic E-state index is 11.0. The molecule has 3 N–H and O–H groups in total. The lowest BCUT2D eigenvalue weighted by molar-refractivity contribution is -0.156. The topological polar surface area (TPSA) is 104 Å². The molecule has 0 aromatic rings. The number of esters is 1. The zero-order chi connectivity index (χ0) is 11.1. The summed E-state index contributed by atoms with van der Waals surface area (Å²) in [6.45, 7) is -0.0115. The molecule has 0 saturated carbocycles. The van der Waals surface area contributed by atoms with E-state index in [2.05, 4.69) is 4.74 Å². The maximum absolute atomic E-state index is 11.0. The molecule has 0 amide bonds. The van der Waals surface area contributed by atoms with E-state index in [-0.39, 0.29) is 13.2 Å². The number of carbonyl (C=O) groups is 2. The van der Waals surface area contributed by atoms with E-state index < -0.39 is 30.4 Å². The van der Waals surface area contributed by atoms with Gasteiger partial charge in [-0.25, -0.2) is 0 Å². The van der Waals surface area contributed by atoms with E-state index in [9.17, 15) is 14.7 Å². The zero-order valence-electron chi connectivity index (χ0n) is 7.84. The number of Topliss-reactive ketones (excluding diaryl/α,β-unsaturated/α-hetero) is 1. The first kappa shape index (κ1) is 13.0. The highest BCUT2D eigenvalue weighted by atomic mass is 16.5. The molecule has 6 nitrogen and oxygen atoms in total. The van der Waals surface area contributed by atoms with Crippen molar-refractivity contribution in [2.45, 2.75) is 13.0 Å². The number of ether oxygens (including phenoxy) is 1. The zero-order valence-corrected chi connectivity index (χ0v) is 7.84. The molecule has 2 atom stereocenters. The van der Waals surface area contributed by atoms with Gasteiger partial charge in [0.05, 0.1) is 12.5 Å². The second kappa shape index (κ2) is 6.47. The van der Waals surface area contributed by atoms with Crippen molar-refractivity contribution in [3.05, 3.63) is 0 Å². The molecule has 0 spiro atoms. The van der Waals surface area contributed by atoms with Crippen LogP contribution >= 0.6 is 0 Å². The summed E-state index contributed by atoms with van der Waals surface area (Å²) in [6.07, 6.45) is -1.56. The Morgan fingerprint density at radius 2 is 1.93 bits per heavy atom. The molecule has 6 heteroatoms. The fourth-order valence-corrected chi connectivity index (χ4v) is 0.779. The number of ketones is 1. The van der Waals surface area contributed by atoms with Crippen LogP contribution in [-0.4, -0.2) is 53.0 Å². The number of aliphatic hydroxyl groups is 3. The van der Waals surface area contributed by atoms with Crippen LogP contribution in [0.25, 0.3) is 0 Å². The van der Waals surface area contributed by atoms with Crippen LogP contribution in [-0.2, 0) is 14.3 Å². The minimum atomic E-state index is -1.56. The molecule has 82 valence electrons. The summed E-state index contributed by atoms with van der Waals surface area (Å²) in [6, 6.07) is 0. The quantitative estimate of drug-likeness (QED) is 0.438. The average Bonchev–Trinajstić information content (AvgIpc) is 2.22. The van der Waals surface area contributed by atoms with Gasteiger partial charge >= 0.3 is 5.97 Å². The van der Waals surface area contributed by atoms with Crippen molar-refractivity contribution in [2.24, 2.45) is 5.92 Å². The molecular formula is C8H14O6. The second-order valence-corrected chi connectivity index (χ2v) is 2.75. The van der Waals surface area contributed by atoms with E-state index >= 15 is 0 Å². The Labute approximate surface area is 81.1 Å². The van der Waals surface area contributed by atoms with Gasteiger partial charge in [-0.15, -0.1) is 0 Å². The third kappa shape index (κ3) is 3.82. The van der Waals surface area contributed by atoms with E-state index in [0.717, 1.165) is 0 Å². The van der Waals surface area contributed by atoms with Crippen LogP contribution in [0, 0.1) is 5.92 Å². The third-order valence-corrected chi connectivity index (χ3v) is 1.67. The molecule has 0 aliphatic carbocycles. The molecule has 0 aliphatic rings. The van der Waals surface area contributed by atoms with Crippen LogP contribution in [0.2, 0.25) is 0 Å². The van der Waals surface area contributed by atoms with Gasteiger partial charge in [-0.3, -0.25) is 9.59 Å². The Morgan fingerprint density at radius 3 is 2.36 bits per heavy atom. The van der Waals surface area contributed by atoms with Crippen LogP contribution in [0.15, 0.2) is 0 Å². The van der Waals surface area contributed by atoms with Gasteiger partial charge in [-0.1, -0.05) is 0 Å². The van der Waals surface area contributed by atoms with Crippen molar-refractivity contribution in [2.75, 3.05) is 19.8 Å². The van der Waals surface area contributed by atoms with Crippen molar-refractivity contribution in [1.29, 1.82) is 0 Å². The summed E-state index contributed by atoms with van der Waals surface area (Å²) >= 11 is 0. The summed E-state index contributed by atoms with van der Waals surface area (Å²) in [5.74, 6) is -2.66. The lowest BCUT2D eigenvalue weighted by atomic mass is 10.0. The van der Waals surface area contributed by atoms with Gasteiger partial charge in [0.2, 0.25) is 0 Å². The molecular weight excluding hydrogens is 192 g/mol. The van der Waals surface area contributed by atoms with Gasteiger partial charge < -0.3 is 20.1 Å². The molecule has 2 unspecified atom stereocenters. The minimum absolute atomic E-state index is 0.177. The van der Waals surface area contributed by atoms with Crippen LogP contribution in [0.4, 0.5) is 0 Å². The predicted molar refractivity (Wildman–Crippen MR) is 45.3 cm³/mol. The van der Waals surface area contributed by atoms with E-state index in [1.807, 2.05) is 0 Å². The summed E-state index contributed by atoms with van der Waals surface area (Å²) in [7, 11) is 0. The fraction of sp³-hybridized carbons (Fsp3) is 0.750. The van der Waals surface area contributed by atoms with Gasteiger partial charge in [0.15, 0.2) is 5.78 Å².